The van der Waals surface area contributed by atoms with Crippen LogP contribution in [0, 0.1) is 0 Å². The molecule has 7 heteroatoms. The molecule has 31 heavy (non-hydrogen) atoms. The summed E-state index contributed by atoms with van der Waals surface area (Å²) >= 11 is 0. The molecule has 0 bridgehead atoms. The highest BCUT2D eigenvalue weighted by atomic mass is 16.5. The smallest absolute Gasteiger partial charge is 0.257 e. The van der Waals surface area contributed by atoms with Crippen molar-refractivity contribution in [2.75, 3.05) is 5.32 Å². The van der Waals surface area contributed by atoms with Crippen molar-refractivity contribution < 1.29 is 14.3 Å². The van der Waals surface area contributed by atoms with Crippen molar-refractivity contribution in [3.05, 3.63) is 108 Å². The summed E-state index contributed by atoms with van der Waals surface area (Å²) in [7, 11) is 0. The molecule has 3 heterocycles. The molecule has 0 saturated carbocycles. The molecule has 0 unspecified atom stereocenters. The number of nitrogens with zero attached hydrogens (tertiary/aromatic N) is 3. The second-order valence-electron chi connectivity index (χ2n) is 6.61. The third kappa shape index (κ3) is 5.63. The molecule has 3 aromatic heterocycles. The van der Waals surface area contributed by atoms with Crippen LogP contribution >= 0.6 is 0 Å². The molecule has 0 atom stereocenters. The van der Waals surface area contributed by atoms with Gasteiger partial charge in [-0.15, -0.1) is 0 Å². The number of ether oxygens (including phenoxy) is 2. The first-order chi connectivity index (χ1) is 15.3. The van der Waals surface area contributed by atoms with Crippen LogP contribution in [0.4, 0.5) is 5.82 Å². The summed E-state index contributed by atoms with van der Waals surface area (Å²) in [6.45, 7) is 0.704. The van der Waals surface area contributed by atoms with E-state index in [2.05, 4.69) is 20.3 Å². The predicted molar refractivity (Wildman–Crippen MR) is 116 cm³/mol. The molecule has 0 aliphatic rings. The van der Waals surface area contributed by atoms with Crippen molar-refractivity contribution in [1.29, 1.82) is 0 Å². The molecule has 1 N–H and O–H groups in total. The zero-order chi connectivity index (χ0) is 21.3. The predicted octanol–water partition coefficient (Wildman–Crippen LogP) is 4.28. The Morgan fingerprint density at radius 2 is 1.55 bits per heavy atom. The molecule has 0 aliphatic carbocycles. The van der Waals surface area contributed by atoms with Gasteiger partial charge < -0.3 is 14.8 Å². The number of carbonyl (C=O) groups is 1. The monoisotopic (exact) mass is 412 g/mol. The van der Waals surface area contributed by atoms with Crippen LogP contribution in [0.2, 0.25) is 0 Å². The Morgan fingerprint density at radius 1 is 0.774 bits per heavy atom. The molecule has 1 amide bonds. The molecule has 0 radical (unpaired) electrons. The molecule has 0 spiro atoms. The topological polar surface area (TPSA) is 86.2 Å². The van der Waals surface area contributed by atoms with Crippen LogP contribution in [-0.2, 0) is 13.2 Å². The number of hydrogen-bond acceptors (Lipinski definition) is 6. The van der Waals surface area contributed by atoms with E-state index in [9.17, 15) is 4.79 Å². The van der Waals surface area contributed by atoms with Gasteiger partial charge in [-0.1, -0.05) is 30.3 Å². The van der Waals surface area contributed by atoms with Crippen LogP contribution in [0.5, 0.6) is 11.6 Å². The standard InChI is InChI=1S/C24H20N4O3/c29-24(20-10-14-26-22(15-20)31-17-18-5-2-1-3-6-18)28-23-21(7-4-11-27-23)30-16-19-8-12-25-13-9-19/h1-15H,16-17H2,(H,27,28,29). The molecule has 7 nitrogen and oxygen atoms in total. The van der Waals surface area contributed by atoms with Crippen LogP contribution in [0.25, 0.3) is 0 Å². The van der Waals surface area contributed by atoms with Crippen molar-refractivity contribution in [1.82, 2.24) is 15.0 Å². The lowest BCUT2D eigenvalue weighted by atomic mass is 10.2. The van der Waals surface area contributed by atoms with Crippen molar-refractivity contribution in [3.63, 3.8) is 0 Å². The molecular formula is C24H20N4O3. The number of pyridine rings is 3. The van der Waals surface area contributed by atoms with E-state index in [0.717, 1.165) is 11.1 Å². The van der Waals surface area contributed by atoms with Gasteiger partial charge >= 0.3 is 0 Å². The number of aromatic nitrogens is 3. The second kappa shape index (κ2) is 9.98. The summed E-state index contributed by atoms with van der Waals surface area (Å²) < 4.78 is 11.5. The molecule has 0 aliphatic heterocycles. The number of rotatable bonds is 8. The van der Waals surface area contributed by atoms with E-state index in [0.29, 0.717) is 36.2 Å². The highest BCUT2D eigenvalue weighted by Crippen LogP contribution is 2.23. The molecular weight excluding hydrogens is 392 g/mol. The molecule has 4 rings (SSSR count). The van der Waals surface area contributed by atoms with Gasteiger partial charge in [0.2, 0.25) is 5.88 Å². The first-order valence-electron chi connectivity index (χ1n) is 9.69. The van der Waals surface area contributed by atoms with E-state index >= 15 is 0 Å². The quantitative estimate of drug-likeness (QED) is 0.465. The van der Waals surface area contributed by atoms with Gasteiger partial charge in [0, 0.05) is 36.4 Å². The Bertz CT molecular complexity index is 1140. The van der Waals surface area contributed by atoms with Crippen molar-refractivity contribution >= 4 is 11.7 Å². The van der Waals surface area contributed by atoms with E-state index < -0.39 is 0 Å². The van der Waals surface area contributed by atoms with Gasteiger partial charge in [0.1, 0.15) is 13.2 Å². The molecule has 4 aromatic rings. The van der Waals surface area contributed by atoms with Crippen LogP contribution < -0.4 is 14.8 Å². The van der Waals surface area contributed by atoms with Gasteiger partial charge in [-0.3, -0.25) is 9.78 Å². The van der Waals surface area contributed by atoms with Crippen molar-refractivity contribution in [2.24, 2.45) is 0 Å². The third-order valence-electron chi connectivity index (χ3n) is 4.37. The average Bonchev–Trinajstić information content (AvgIpc) is 2.84. The van der Waals surface area contributed by atoms with Crippen LogP contribution in [0.15, 0.2) is 91.5 Å². The summed E-state index contributed by atoms with van der Waals surface area (Å²) in [4.78, 5) is 25.2. The summed E-state index contributed by atoms with van der Waals surface area (Å²) in [6, 6.07) is 20.2. The fraction of sp³-hybridized carbons (Fsp3) is 0.0833. The number of carbonyl (C=O) groups excluding carboxylic acids is 1. The Labute approximate surface area is 179 Å². The fourth-order valence-corrected chi connectivity index (χ4v) is 2.78. The Kier molecular flexibility index (Phi) is 6.45. The maximum absolute atomic E-state index is 12.8. The van der Waals surface area contributed by atoms with Crippen LogP contribution in [0.3, 0.4) is 0 Å². The van der Waals surface area contributed by atoms with E-state index in [1.165, 1.54) is 6.20 Å². The van der Waals surface area contributed by atoms with E-state index in [-0.39, 0.29) is 5.91 Å². The van der Waals surface area contributed by atoms with Crippen LogP contribution in [0.1, 0.15) is 21.5 Å². The van der Waals surface area contributed by atoms with Gasteiger partial charge in [0.05, 0.1) is 0 Å². The third-order valence-corrected chi connectivity index (χ3v) is 4.37. The normalized spacial score (nSPS) is 10.3. The SMILES string of the molecule is O=C(Nc1ncccc1OCc1ccncc1)c1ccnc(OCc2ccccc2)c1. The number of benzene rings is 1. The minimum Gasteiger partial charge on any atom is -0.485 e. The lowest BCUT2D eigenvalue weighted by Crippen LogP contribution is -2.14. The summed E-state index contributed by atoms with van der Waals surface area (Å²) in [5.74, 6) is 0.846. The van der Waals surface area contributed by atoms with Gasteiger partial charge in [-0.2, -0.15) is 0 Å². The molecule has 0 saturated heterocycles. The summed E-state index contributed by atoms with van der Waals surface area (Å²) in [5, 5.41) is 2.79. The van der Waals surface area contributed by atoms with Crippen LogP contribution in [-0.4, -0.2) is 20.9 Å². The molecule has 0 fully saturated rings. The van der Waals surface area contributed by atoms with Crippen molar-refractivity contribution in [2.45, 2.75) is 13.2 Å². The first kappa shape index (κ1) is 20.0. The lowest BCUT2D eigenvalue weighted by molar-refractivity contribution is 0.102. The van der Waals surface area contributed by atoms with Gasteiger partial charge in [0.25, 0.3) is 5.91 Å². The zero-order valence-electron chi connectivity index (χ0n) is 16.6. The van der Waals surface area contributed by atoms with E-state index in [1.807, 2.05) is 42.5 Å². The second-order valence-corrected chi connectivity index (χ2v) is 6.61. The minimum atomic E-state index is -0.334. The number of nitrogens with one attached hydrogen (secondary N) is 1. The Morgan fingerprint density at radius 3 is 2.39 bits per heavy atom. The number of anilines is 1. The summed E-state index contributed by atoms with van der Waals surface area (Å²) in [5.41, 5.74) is 2.39. The van der Waals surface area contributed by atoms with Crippen molar-refractivity contribution in [3.8, 4) is 11.6 Å². The van der Waals surface area contributed by atoms with Gasteiger partial charge in [0.15, 0.2) is 11.6 Å². The fourth-order valence-electron chi connectivity index (χ4n) is 2.78. The average molecular weight is 412 g/mol. The highest BCUT2D eigenvalue weighted by Gasteiger charge is 2.13. The summed E-state index contributed by atoms with van der Waals surface area (Å²) in [6.07, 6.45) is 6.53. The van der Waals surface area contributed by atoms with Gasteiger partial charge in [-0.05, 0) is 41.5 Å². The maximum atomic E-state index is 12.8. The minimum absolute atomic E-state index is 0.334. The molecule has 1 aromatic carbocycles. The largest absolute Gasteiger partial charge is 0.485 e. The molecule has 154 valence electrons. The number of amides is 1. The van der Waals surface area contributed by atoms with E-state index in [1.54, 1.807) is 42.9 Å². The maximum Gasteiger partial charge on any atom is 0.257 e. The first-order valence-corrected chi connectivity index (χ1v) is 9.69. The zero-order valence-corrected chi connectivity index (χ0v) is 16.6. The number of hydrogen-bond donors (Lipinski definition) is 1. The van der Waals surface area contributed by atoms with E-state index in [4.69, 9.17) is 9.47 Å². The highest BCUT2D eigenvalue weighted by molar-refractivity contribution is 6.04. The Hall–Kier alpha value is -4.26. The van der Waals surface area contributed by atoms with Gasteiger partial charge in [-0.25, -0.2) is 9.97 Å². The Balaban J connectivity index is 1.41. The lowest BCUT2D eigenvalue weighted by Gasteiger charge is -2.12.